The fraction of sp³-hybridized carbons (Fsp3) is 0.111. The molecule has 1 aromatic heterocycles. The largest absolute Gasteiger partial charge is 0.421 e. The van der Waals surface area contributed by atoms with Crippen LogP contribution in [-0.2, 0) is 6.18 Å². The third-order valence-electron chi connectivity index (χ3n) is 3.64. The average Bonchev–Trinajstić information content (AvgIpc) is 2.61. The lowest BCUT2D eigenvalue weighted by atomic mass is 10.2. The zero-order chi connectivity index (χ0) is 18.0. The third kappa shape index (κ3) is 3.60. The van der Waals surface area contributed by atoms with E-state index >= 15 is 0 Å². The Labute approximate surface area is 141 Å². The summed E-state index contributed by atoms with van der Waals surface area (Å²) in [5.41, 5.74) is 0.0219. The Morgan fingerprint density at radius 3 is 2.16 bits per heavy atom. The summed E-state index contributed by atoms with van der Waals surface area (Å²) in [6.07, 6.45) is -3.84. The van der Waals surface area contributed by atoms with Gasteiger partial charge in [-0.15, -0.1) is 0 Å². The number of hydrogen-bond acceptors (Lipinski definition) is 3. The van der Waals surface area contributed by atoms with Crippen LogP contribution < -0.4 is 4.90 Å². The van der Waals surface area contributed by atoms with E-state index in [1.54, 1.807) is 30.3 Å². The van der Waals surface area contributed by atoms with Gasteiger partial charge in [0.25, 0.3) is 0 Å². The lowest BCUT2D eigenvalue weighted by molar-refractivity contribution is -0.137. The summed E-state index contributed by atoms with van der Waals surface area (Å²) in [4.78, 5) is 9.22. The Morgan fingerprint density at radius 1 is 0.920 bits per heavy atom. The molecule has 0 spiro atoms. The molecule has 0 aliphatic carbocycles. The van der Waals surface area contributed by atoms with Gasteiger partial charge in [-0.25, -0.2) is 14.4 Å². The van der Waals surface area contributed by atoms with Crippen molar-refractivity contribution in [2.24, 2.45) is 0 Å². The molecule has 3 aromatic rings. The van der Waals surface area contributed by atoms with E-state index in [1.807, 2.05) is 0 Å². The Balaban J connectivity index is 2.12. The molecule has 128 valence electrons. The smallest absolute Gasteiger partial charge is 0.329 e. The molecule has 0 N–H and O–H groups in total. The van der Waals surface area contributed by atoms with Crippen molar-refractivity contribution in [1.29, 1.82) is 0 Å². The molecule has 3 nitrogen and oxygen atoms in total. The van der Waals surface area contributed by atoms with Crippen molar-refractivity contribution >= 4 is 11.5 Å². The quantitative estimate of drug-likeness (QED) is 0.620. The van der Waals surface area contributed by atoms with Gasteiger partial charge in [0.05, 0.1) is 0 Å². The molecular formula is C18H13F4N3. The van der Waals surface area contributed by atoms with Crippen molar-refractivity contribution in [1.82, 2.24) is 9.97 Å². The SMILES string of the molecule is CN(c1ccc(F)cc1)c1nc(-c2ccccc2)ncc1C(F)(F)F. The minimum absolute atomic E-state index is 0.178. The topological polar surface area (TPSA) is 29.0 Å². The summed E-state index contributed by atoms with van der Waals surface area (Å²) in [5, 5.41) is 0. The highest BCUT2D eigenvalue weighted by atomic mass is 19.4. The molecule has 25 heavy (non-hydrogen) atoms. The standard InChI is InChI=1S/C18H13F4N3/c1-25(14-9-7-13(19)8-10-14)17-15(18(20,21)22)11-23-16(24-17)12-5-3-2-4-6-12/h2-11H,1H3. The molecule has 0 radical (unpaired) electrons. The predicted molar refractivity (Wildman–Crippen MR) is 86.9 cm³/mol. The minimum Gasteiger partial charge on any atom is -0.329 e. The van der Waals surface area contributed by atoms with E-state index in [0.29, 0.717) is 11.3 Å². The normalized spacial score (nSPS) is 11.4. The van der Waals surface area contributed by atoms with E-state index in [0.717, 1.165) is 6.20 Å². The molecule has 2 aromatic carbocycles. The highest BCUT2D eigenvalue weighted by Gasteiger charge is 2.36. The molecule has 3 rings (SSSR count). The number of halogens is 4. The van der Waals surface area contributed by atoms with Gasteiger partial charge in [0.15, 0.2) is 5.82 Å². The number of nitrogens with zero attached hydrogens (tertiary/aromatic N) is 3. The van der Waals surface area contributed by atoms with Gasteiger partial charge < -0.3 is 4.90 Å². The van der Waals surface area contributed by atoms with Crippen LogP contribution in [0.2, 0.25) is 0 Å². The van der Waals surface area contributed by atoms with Crippen LogP contribution in [0.25, 0.3) is 11.4 Å². The number of alkyl halides is 3. The van der Waals surface area contributed by atoms with Crippen LogP contribution in [0.4, 0.5) is 29.1 Å². The number of rotatable bonds is 3. The molecule has 0 saturated heterocycles. The zero-order valence-corrected chi connectivity index (χ0v) is 13.1. The Morgan fingerprint density at radius 2 is 1.56 bits per heavy atom. The fourth-order valence-corrected chi connectivity index (χ4v) is 2.34. The highest BCUT2D eigenvalue weighted by molar-refractivity contribution is 5.65. The fourth-order valence-electron chi connectivity index (χ4n) is 2.34. The molecule has 0 fully saturated rings. The Kier molecular flexibility index (Phi) is 4.39. The first-order chi connectivity index (χ1) is 11.9. The summed E-state index contributed by atoms with van der Waals surface area (Å²) in [5.74, 6) is -0.591. The lowest BCUT2D eigenvalue weighted by Gasteiger charge is -2.22. The van der Waals surface area contributed by atoms with Crippen molar-refractivity contribution < 1.29 is 17.6 Å². The number of hydrogen-bond donors (Lipinski definition) is 0. The van der Waals surface area contributed by atoms with Gasteiger partial charge in [-0.05, 0) is 24.3 Å². The van der Waals surface area contributed by atoms with Gasteiger partial charge >= 0.3 is 6.18 Å². The summed E-state index contributed by atoms with van der Waals surface area (Å²) in [6, 6.07) is 13.9. The van der Waals surface area contributed by atoms with Gasteiger partial charge in [-0.3, -0.25) is 0 Å². The van der Waals surface area contributed by atoms with E-state index < -0.39 is 17.6 Å². The lowest BCUT2D eigenvalue weighted by Crippen LogP contribution is -2.19. The Hall–Kier alpha value is -2.96. The number of benzene rings is 2. The second-order valence-electron chi connectivity index (χ2n) is 5.33. The van der Waals surface area contributed by atoms with E-state index in [1.165, 1.54) is 36.2 Å². The van der Waals surface area contributed by atoms with Crippen LogP contribution in [0.1, 0.15) is 5.56 Å². The summed E-state index contributed by atoms with van der Waals surface area (Å²) in [7, 11) is 1.44. The van der Waals surface area contributed by atoms with Gasteiger partial charge in [-0.2, -0.15) is 13.2 Å². The van der Waals surface area contributed by atoms with Crippen LogP contribution in [0.5, 0.6) is 0 Å². The maximum Gasteiger partial charge on any atom is 0.421 e. The van der Waals surface area contributed by atoms with E-state index in [-0.39, 0.29) is 11.6 Å². The van der Waals surface area contributed by atoms with Crippen LogP contribution >= 0.6 is 0 Å². The second-order valence-corrected chi connectivity index (χ2v) is 5.33. The Bertz CT molecular complexity index is 862. The van der Waals surface area contributed by atoms with Gasteiger partial charge in [0, 0.05) is 24.5 Å². The van der Waals surface area contributed by atoms with Crippen molar-refractivity contribution in [2.75, 3.05) is 11.9 Å². The van der Waals surface area contributed by atoms with Crippen LogP contribution in [0.15, 0.2) is 60.8 Å². The average molecular weight is 347 g/mol. The molecule has 0 unspecified atom stereocenters. The third-order valence-corrected chi connectivity index (χ3v) is 3.64. The maximum absolute atomic E-state index is 13.4. The molecule has 0 saturated carbocycles. The number of aromatic nitrogens is 2. The maximum atomic E-state index is 13.4. The van der Waals surface area contributed by atoms with E-state index in [9.17, 15) is 17.6 Å². The van der Waals surface area contributed by atoms with Crippen molar-refractivity contribution in [2.45, 2.75) is 6.18 Å². The van der Waals surface area contributed by atoms with E-state index in [4.69, 9.17) is 0 Å². The van der Waals surface area contributed by atoms with Gasteiger partial charge in [-0.1, -0.05) is 30.3 Å². The first kappa shape index (κ1) is 16.9. The molecule has 0 bridgehead atoms. The first-order valence-corrected chi connectivity index (χ1v) is 7.35. The highest BCUT2D eigenvalue weighted by Crippen LogP contribution is 2.37. The molecule has 0 atom stereocenters. The van der Waals surface area contributed by atoms with Crippen LogP contribution in [0.3, 0.4) is 0 Å². The summed E-state index contributed by atoms with van der Waals surface area (Å²) < 4.78 is 53.2. The first-order valence-electron chi connectivity index (χ1n) is 7.35. The van der Waals surface area contributed by atoms with Gasteiger partial charge in [0.1, 0.15) is 17.2 Å². The van der Waals surface area contributed by atoms with E-state index in [2.05, 4.69) is 9.97 Å². The van der Waals surface area contributed by atoms with Crippen LogP contribution in [0, 0.1) is 5.82 Å². The molecule has 0 aliphatic rings. The van der Waals surface area contributed by atoms with Crippen molar-refractivity contribution in [3.05, 3.63) is 72.2 Å². The zero-order valence-electron chi connectivity index (χ0n) is 13.1. The molecule has 0 aliphatic heterocycles. The van der Waals surface area contributed by atoms with Crippen molar-refractivity contribution in [3.63, 3.8) is 0 Å². The molecular weight excluding hydrogens is 334 g/mol. The minimum atomic E-state index is -4.61. The predicted octanol–water partition coefficient (Wildman–Crippen LogP) is 5.07. The van der Waals surface area contributed by atoms with Crippen molar-refractivity contribution in [3.8, 4) is 11.4 Å². The monoisotopic (exact) mass is 347 g/mol. The van der Waals surface area contributed by atoms with Gasteiger partial charge in [0.2, 0.25) is 0 Å². The molecule has 0 amide bonds. The summed E-state index contributed by atoms with van der Waals surface area (Å²) >= 11 is 0. The second kappa shape index (κ2) is 6.51. The van der Waals surface area contributed by atoms with Crippen LogP contribution in [-0.4, -0.2) is 17.0 Å². The number of anilines is 2. The molecule has 7 heteroatoms. The molecule has 1 heterocycles. The summed E-state index contributed by atoms with van der Waals surface area (Å²) in [6.45, 7) is 0.